The summed E-state index contributed by atoms with van der Waals surface area (Å²) in [6, 6.07) is 1.60. The number of carbonyl (C=O) groups is 1. The SMILES string of the molecule is CCCn1cc(N)cc1C(=O)NCC(C)(C)S(C)(=O)=O. The average molecular weight is 301 g/mol. The predicted octanol–water partition coefficient (Wildman–Crippen LogP) is 1.03. The van der Waals surface area contributed by atoms with Gasteiger partial charge in [-0.25, -0.2) is 8.42 Å². The van der Waals surface area contributed by atoms with Gasteiger partial charge in [-0.05, 0) is 26.3 Å². The lowest BCUT2D eigenvalue weighted by molar-refractivity contribution is 0.0941. The van der Waals surface area contributed by atoms with Gasteiger partial charge in [-0.3, -0.25) is 4.79 Å². The second-order valence-electron chi connectivity index (χ2n) is 5.57. The van der Waals surface area contributed by atoms with Crippen LogP contribution >= 0.6 is 0 Å². The molecule has 6 nitrogen and oxygen atoms in total. The van der Waals surface area contributed by atoms with Crippen LogP contribution in [0.15, 0.2) is 12.3 Å². The lowest BCUT2D eigenvalue weighted by atomic mass is 10.2. The molecule has 0 bridgehead atoms. The van der Waals surface area contributed by atoms with E-state index in [2.05, 4.69) is 5.32 Å². The molecule has 0 atom stereocenters. The number of nitrogens with one attached hydrogen (secondary N) is 1. The molecule has 7 heteroatoms. The number of aryl methyl sites for hydroxylation is 1. The van der Waals surface area contributed by atoms with Gasteiger partial charge in [-0.15, -0.1) is 0 Å². The van der Waals surface area contributed by atoms with Crippen LogP contribution in [0, 0.1) is 0 Å². The highest BCUT2D eigenvalue weighted by molar-refractivity contribution is 7.92. The number of sulfone groups is 1. The summed E-state index contributed by atoms with van der Waals surface area (Å²) in [6.45, 7) is 5.92. The first kappa shape index (κ1) is 16.6. The van der Waals surface area contributed by atoms with Crippen LogP contribution in [0.25, 0.3) is 0 Å². The van der Waals surface area contributed by atoms with Gasteiger partial charge in [0.15, 0.2) is 9.84 Å². The van der Waals surface area contributed by atoms with E-state index in [4.69, 9.17) is 5.73 Å². The largest absolute Gasteiger partial charge is 0.397 e. The molecule has 0 aliphatic carbocycles. The Morgan fingerprint density at radius 1 is 1.45 bits per heavy atom. The van der Waals surface area contributed by atoms with Gasteiger partial charge in [0.25, 0.3) is 5.91 Å². The first-order valence-electron chi connectivity index (χ1n) is 6.52. The van der Waals surface area contributed by atoms with Crippen molar-refractivity contribution in [3.8, 4) is 0 Å². The number of amides is 1. The number of anilines is 1. The number of hydrogen-bond donors (Lipinski definition) is 2. The van der Waals surface area contributed by atoms with Crippen LogP contribution in [0.2, 0.25) is 0 Å². The lowest BCUT2D eigenvalue weighted by Gasteiger charge is -2.22. The van der Waals surface area contributed by atoms with Gasteiger partial charge in [-0.2, -0.15) is 0 Å². The van der Waals surface area contributed by atoms with Crippen LogP contribution in [0.5, 0.6) is 0 Å². The standard InChI is InChI=1S/C13H23N3O3S/c1-5-6-16-8-10(14)7-11(16)12(17)15-9-13(2,3)20(4,18)19/h7-8H,5-6,9,14H2,1-4H3,(H,15,17). The van der Waals surface area contributed by atoms with Crippen molar-refractivity contribution in [2.75, 3.05) is 18.5 Å². The second kappa shape index (κ2) is 5.87. The zero-order valence-corrected chi connectivity index (χ0v) is 13.3. The van der Waals surface area contributed by atoms with Gasteiger partial charge in [-0.1, -0.05) is 6.92 Å². The molecule has 114 valence electrons. The van der Waals surface area contributed by atoms with E-state index in [0.717, 1.165) is 12.7 Å². The summed E-state index contributed by atoms with van der Waals surface area (Å²) in [4.78, 5) is 12.1. The maximum Gasteiger partial charge on any atom is 0.268 e. The van der Waals surface area contributed by atoms with E-state index in [1.807, 2.05) is 6.92 Å². The van der Waals surface area contributed by atoms with Crippen molar-refractivity contribution in [3.05, 3.63) is 18.0 Å². The smallest absolute Gasteiger partial charge is 0.268 e. The van der Waals surface area contributed by atoms with Gasteiger partial charge in [0.05, 0.1) is 10.4 Å². The fourth-order valence-electron chi connectivity index (χ4n) is 1.66. The topological polar surface area (TPSA) is 94.2 Å². The zero-order valence-electron chi connectivity index (χ0n) is 12.4. The summed E-state index contributed by atoms with van der Waals surface area (Å²) in [6.07, 6.45) is 3.75. The number of nitrogens with zero attached hydrogens (tertiary/aromatic N) is 1. The van der Waals surface area contributed by atoms with Crippen molar-refractivity contribution in [2.45, 2.75) is 38.5 Å². The first-order chi connectivity index (χ1) is 9.08. The highest BCUT2D eigenvalue weighted by Gasteiger charge is 2.30. The van der Waals surface area contributed by atoms with Gasteiger partial charge in [0.2, 0.25) is 0 Å². The van der Waals surface area contributed by atoms with Crippen molar-refractivity contribution in [1.82, 2.24) is 9.88 Å². The summed E-state index contributed by atoms with van der Waals surface area (Å²) < 4.78 is 24.0. The minimum absolute atomic E-state index is 0.0574. The highest BCUT2D eigenvalue weighted by Crippen LogP contribution is 2.15. The number of hydrogen-bond acceptors (Lipinski definition) is 4. The predicted molar refractivity (Wildman–Crippen MR) is 80.4 cm³/mol. The Hall–Kier alpha value is -1.50. The van der Waals surface area contributed by atoms with E-state index in [9.17, 15) is 13.2 Å². The summed E-state index contributed by atoms with van der Waals surface area (Å²) >= 11 is 0. The molecule has 0 spiro atoms. The number of aromatic nitrogens is 1. The number of rotatable bonds is 6. The van der Waals surface area contributed by atoms with Crippen molar-refractivity contribution in [2.24, 2.45) is 0 Å². The van der Waals surface area contributed by atoms with Gasteiger partial charge < -0.3 is 15.6 Å². The molecule has 1 amide bonds. The third-order valence-electron chi connectivity index (χ3n) is 3.29. The Kier molecular flexibility index (Phi) is 4.86. The Balaban J connectivity index is 2.83. The van der Waals surface area contributed by atoms with Crippen LogP contribution in [0.4, 0.5) is 5.69 Å². The molecule has 1 aromatic heterocycles. The minimum atomic E-state index is -3.24. The van der Waals surface area contributed by atoms with E-state index < -0.39 is 14.6 Å². The summed E-state index contributed by atoms with van der Waals surface area (Å²) in [5.74, 6) is -0.313. The normalized spacial score (nSPS) is 12.4. The Morgan fingerprint density at radius 2 is 2.05 bits per heavy atom. The van der Waals surface area contributed by atoms with E-state index >= 15 is 0 Å². The third kappa shape index (κ3) is 3.75. The molecule has 0 aromatic carbocycles. The van der Waals surface area contributed by atoms with Crippen LogP contribution in [-0.4, -0.2) is 36.4 Å². The molecule has 1 aromatic rings. The van der Waals surface area contributed by atoms with Crippen LogP contribution in [0.1, 0.15) is 37.7 Å². The summed E-state index contributed by atoms with van der Waals surface area (Å²) in [7, 11) is -3.24. The Bertz CT molecular complexity index is 588. The molecule has 0 saturated heterocycles. The zero-order chi connectivity index (χ0) is 15.6. The van der Waals surface area contributed by atoms with E-state index in [-0.39, 0.29) is 12.5 Å². The maximum atomic E-state index is 12.1. The molecule has 0 fully saturated rings. The average Bonchev–Trinajstić information content (AvgIpc) is 2.66. The Morgan fingerprint density at radius 3 is 2.55 bits per heavy atom. The molecule has 0 saturated carbocycles. The van der Waals surface area contributed by atoms with Crippen LogP contribution in [-0.2, 0) is 16.4 Å². The molecule has 0 aliphatic heterocycles. The van der Waals surface area contributed by atoms with Crippen molar-refractivity contribution in [3.63, 3.8) is 0 Å². The van der Waals surface area contributed by atoms with Gasteiger partial charge >= 0.3 is 0 Å². The van der Waals surface area contributed by atoms with E-state index in [1.54, 1.807) is 30.7 Å². The second-order valence-corrected chi connectivity index (χ2v) is 8.22. The van der Waals surface area contributed by atoms with Crippen LogP contribution < -0.4 is 11.1 Å². The minimum Gasteiger partial charge on any atom is -0.397 e. The quantitative estimate of drug-likeness (QED) is 0.820. The lowest BCUT2D eigenvalue weighted by Crippen LogP contribution is -2.44. The Labute approximate surface area is 120 Å². The summed E-state index contributed by atoms with van der Waals surface area (Å²) in [5.41, 5.74) is 6.67. The molecule has 0 radical (unpaired) electrons. The molecule has 0 unspecified atom stereocenters. The maximum absolute atomic E-state index is 12.1. The van der Waals surface area contributed by atoms with E-state index in [1.165, 1.54) is 0 Å². The summed E-state index contributed by atoms with van der Waals surface area (Å²) in [5, 5.41) is 2.66. The molecule has 0 aliphatic rings. The molecule has 20 heavy (non-hydrogen) atoms. The third-order valence-corrected chi connectivity index (χ3v) is 5.45. The molecular weight excluding hydrogens is 278 g/mol. The number of nitrogens with two attached hydrogens (primary N) is 1. The highest BCUT2D eigenvalue weighted by atomic mass is 32.2. The monoisotopic (exact) mass is 301 g/mol. The van der Waals surface area contributed by atoms with Crippen LogP contribution in [0.3, 0.4) is 0 Å². The molecule has 3 N–H and O–H groups in total. The van der Waals surface area contributed by atoms with Gasteiger partial charge in [0, 0.05) is 25.5 Å². The van der Waals surface area contributed by atoms with Crippen molar-refractivity contribution < 1.29 is 13.2 Å². The van der Waals surface area contributed by atoms with Crippen molar-refractivity contribution >= 4 is 21.4 Å². The molecular formula is C13H23N3O3S. The van der Waals surface area contributed by atoms with Crippen molar-refractivity contribution in [1.29, 1.82) is 0 Å². The number of nitrogen functional groups attached to an aromatic ring is 1. The van der Waals surface area contributed by atoms with Gasteiger partial charge in [0.1, 0.15) is 5.69 Å². The fourth-order valence-corrected chi connectivity index (χ4v) is 2.00. The first-order valence-corrected chi connectivity index (χ1v) is 8.41. The van der Waals surface area contributed by atoms with E-state index in [0.29, 0.717) is 17.9 Å². The number of carbonyl (C=O) groups excluding carboxylic acids is 1. The molecule has 1 rings (SSSR count). The fraction of sp³-hybridized carbons (Fsp3) is 0.615. The molecule has 1 heterocycles.